The molecule has 0 bridgehead atoms. The number of halogens is 1. The Morgan fingerprint density at radius 2 is 2.16 bits per heavy atom. The fraction of sp³-hybridized carbons (Fsp3) is 0.538. The maximum absolute atomic E-state index is 12.2. The van der Waals surface area contributed by atoms with Gasteiger partial charge in [-0.3, -0.25) is 9.36 Å². The highest BCUT2D eigenvalue weighted by Crippen LogP contribution is 2.07. The van der Waals surface area contributed by atoms with E-state index in [1.54, 1.807) is 10.9 Å². The molecule has 0 aliphatic carbocycles. The van der Waals surface area contributed by atoms with Crippen LogP contribution in [0, 0.1) is 0 Å². The molecule has 0 spiro atoms. The molecule has 5 nitrogen and oxygen atoms in total. The molecule has 19 heavy (non-hydrogen) atoms. The Kier molecular flexibility index (Phi) is 4.68. The van der Waals surface area contributed by atoms with Crippen molar-refractivity contribution in [3.63, 3.8) is 0 Å². The van der Waals surface area contributed by atoms with Crippen molar-refractivity contribution >= 4 is 0 Å². The van der Waals surface area contributed by atoms with Crippen LogP contribution in [0.3, 0.4) is 0 Å². The summed E-state index contributed by atoms with van der Waals surface area (Å²) in [5, 5.41) is 11.9. The standard InChI is InChI=1S/C13H20FN5/c1-11(2)19-13(3-6-16-19)10-15-9-12-4-7-18(17-12)8-5-14/h3-4,6-7,11,15H,5,8-10H2,1-2H3. The first-order valence-electron chi connectivity index (χ1n) is 6.52. The SMILES string of the molecule is CC(C)n1nccc1CNCc1ccn(CCF)n1. The van der Waals surface area contributed by atoms with Gasteiger partial charge in [0.05, 0.1) is 17.9 Å². The van der Waals surface area contributed by atoms with Gasteiger partial charge in [-0.25, -0.2) is 4.39 Å². The summed E-state index contributed by atoms with van der Waals surface area (Å²) in [6.45, 7) is 5.56. The van der Waals surface area contributed by atoms with E-state index in [-0.39, 0.29) is 6.67 Å². The third-order valence-electron chi connectivity index (χ3n) is 2.86. The number of hydrogen-bond acceptors (Lipinski definition) is 3. The van der Waals surface area contributed by atoms with E-state index in [1.807, 2.05) is 23.0 Å². The van der Waals surface area contributed by atoms with Crippen LogP contribution < -0.4 is 5.32 Å². The average molecular weight is 265 g/mol. The summed E-state index contributed by atoms with van der Waals surface area (Å²) in [7, 11) is 0. The zero-order valence-electron chi connectivity index (χ0n) is 11.4. The summed E-state index contributed by atoms with van der Waals surface area (Å²) in [6.07, 6.45) is 3.61. The van der Waals surface area contributed by atoms with Crippen LogP contribution in [0.4, 0.5) is 4.39 Å². The molecular formula is C13H20FN5. The molecule has 2 aromatic rings. The summed E-state index contributed by atoms with van der Waals surface area (Å²) in [4.78, 5) is 0. The molecule has 0 saturated heterocycles. The maximum atomic E-state index is 12.2. The summed E-state index contributed by atoms with van der Waals surface area (Å²) in [6, 6.07) is 4.27. The second-order valence-corrected chi connectivity index (χ2v) is 4.72. The van der Waals surface area contributed by atoms with Crippen LogP contribution in [-0.4, -0.2) is 26.2 Å². The van der Waals surface area contributed by atoms with Crippen molar-refractivity contribution in [3.05, 3.63) is 35.9 Å². The number of aryl methyl sites for hydroxylation is 1. The lowest BCUT2D eigenvalue weighted by atomic mass is 10.3. The summed E-state index contributed by atoms with van der Waals surface area (Å²) in [5.41, 5.74) is 2.07. The molecule has 0 unspecified atom stereocenters. The molecule has 2 rings (SSSR count). The first-order valence-corrected chi connectivity index (χ1v) is 6.52. The minimum atomic E-state index is -0.387. The second-order valence-electron chi connectivity index (χ2n) is 4.72. The zero-order valence-corrected chi connectivity index (χ0v) is 11.4. The van der Waals surface area contributed by atoms with Crippen LogP contribution in [-0.2, 0) is 19.6 Å². The minimum absolute atomic E-state index is 0.320. The van der Waals surface area contributed by atoms with E-state index in [9.17, 15) is 4.39 Å². The van der Waals surface area contributed by atoms with Gasteiger partial charge >= 0.3 is 0 Å². The van der Waals surface area contributed by atoms with Gasteiger partial charge in [0.1, 0.15) is 6.67 Å². The van der Waals surface area contributed by atoms with E-state index in [2.05, 4.69) is 29.4 Å². The van der Waals surface area contributed by atoms with Crippen LogP contribution in [0.25, 0.3) is 0 Å². The van der Waals surface area contributed by atoms with Crippen molar-refractivity contribution in [2.24, 2.45) is 0 Å². The molecule has 6 heteroatoms. The first-order chi connectivity index (χ1) is 9.20. The van der Waals surface area contributed by atoms with E-state index in [1.165, 1.54) is 0 Å². The zero-order chi connectivity index (χ0) is 13.7. The summed E-state index contributed by atoms with van der Waals surface area (Å²) >= 11 is 0. The maximum Gasteiger partial charge on any atom is 0.109 e. The Balaban J connectivity index is 1.84. The fourth-order valence-electron chi connectivity index (χ4n) is 1.97. The number of alkyl halides is 1. The lowest BCUT2D eigenvalue weighted by Gasteiger charge is -2.11. The van der Waals surface area contributed by atoms with Crippen LogP contribution in [0.1, 0.15) is 31.3 Å². The molecule has 0 aliphatic heterocycles. The summed E-state index contributed by atoms with van der Waals surface area (Å²) in [5.74, 6) is 0. The van der Waals surface area contributed by atoms with Crippen LogP contribution in [0.15, 0.2) is 24.5 Å². The Labute approximate surface area is 112 Å². The topological polar surface area (TPSA) is 47.7 Å². The second kappa shape index (κ2) is 6.47. The van der Waals surface area contributed by atoms with E-state index >= 15 is 0 Å². The lowest BCUT2D eigenvalue weighted by molar-refractivity contribution is 0.425. The molecular weight excluding hydrogens is 245 g/mol. The van der Waals surface area contributed by atoms with E-state index in [0.717, 1.165) is 17.9 Å². The molecule has 0 aliphatic rings. The van der Waals surface area contributed by atoms with Gasteiger partial charge in [-0.15, -0.1) is 0 Å². The van der Waals surface area contributed by atoms with Gasteiger partial charge in [-0.1, -0.05) is 0 Å². The predicted octanol–water partition coefficient (Wildman–Crippen LogP) is 1.92. The largest absolute Gasteiger partial charge is 0.305 e. The van der Waals surface area contributed by atoms with E-state index < -0.39 is 0 Å². The monoisotopic (exact) mass is 265 g/mol. The van der Waals surface area contributed by atoms with Gasteiger partial charge in [0.2, 0.25) is 0 Å². The van der Waals surface area contributed by atoms with Crippen molar-refractivity contribution in [3.8, 4) is 0 Å². The third kappa shape index (κ3) is 3.64. The average Bonchev–Trinajstić information content (AvgIpc) is 2.99. The van der Waals surface area contributed by atoms with Crippen molar-refractivity contribution < 1.29 is 4.39 Å². The van der Waals surface area contributed by atoms with Gasteiger partial charge in [-0.2, -0.15) is 10.2 Å². The molecule has 0 amide bonds. The molecule has 2 aromatic heterocycles. The van der Waals surface area contributed by atoms with Gasteiger partial charge in [0.25, 0.3) is 0 Å². The highest BCUT2D eigenvalue weighted by atomic mass is 19.1. The van der Waals surface area contributed by atoms with Crippen molar-refractivity contribution in [2.75, 3.05) is 6.67 Å². The van der Waals surface area contributed by atoms with Crippen LogP contribution in [0.2, 0.25) is 0 Å². The van der Waals surface area contributed by atoms with Crippen molar-refractivity contribution in [1.29, 1.82) is 0 Å². The van der Waals surface area contributed by atoms with Crippen LogP contribution >= 0.6 is 0 Å². The molecule has 0 radical (unpaired) electrons. The van der Waals surface area contributed by atoms with Gasteiger partial charge in [0, 0.05) is 31.5 Å². The van der Waals surface area contributed by atoms with Gasteiger partial charge in [-0.05, 0) is 26.0 Å². The number of nitrogens with zero attached hydrogens (tertiary/aromatic N) is 4. The fourth-order valence-corrected chi connectivity index (χ4v) is 1.97. The van der Waals surface area contributed by atoms with Crippen molar-refractivity contribution in [2.45, 2.75) is 39.5 Å². The molecule has 104 valence electrons. The normalized spacial score (nSPS) is 11.4. The lowest BCUT2D eigenvalue weighted by Crippen LogP contribution is -2.18. The minimum Gasteiger partial charge on any atom is -0.305 e. The molecule has 0 fully saturated rings. The predicted molar refractivity (Wildman–Crippen MR) is 71.4 cm³/mol. The highest BCUT2D eigenvalue weighted by molar-refractivity contribution is 5.03. The molecule has 0 atom stereocenters. The Morgan fingerprint density at radius 3 is 2.89 bits per heavy atom. The Morgan fingerprint density at radius 1 is 1.32 bits per heavy atom. The van der Waals surface area contributed by atoms with Gasteiger partial charge in [0.15, 0.2) is 0 Å². The number of nitrogens with one attached hydrogen (secondary N) is 1. The summed E-state index contributed by atoms with van der Waals surface area (Å²) < 4.78 is 15.8. The van der Waals surface area contributed by atoms with Crippen LogP contribution in [0.5, 0.6) is 0 Å². The van der Waals surface area contributed by atoms with Gasteiger partial charge < -0.3 is 5.32 Å². The number of aromatic nitrogens is 4. The molecule has 0 aromatic carbocycles. The molecule has 0 saturated carbocycles. The Hall–Kier alpha value is -1.69. The third-order valence-corrected chi connectivity index (χ3v) is 2.86. The molecule has 1 N–H and O–H groups in total. The first kappa shape index (κ1) is 13.7. The highest BCUT2D eigenvalue weighted by Gasteiger charge is 2.05. The van der Waals surface area contributed by atoms with E-state index in [4.69, 9.17) is 0 Å². The smallest absolute Gasteiger partial charge is 0.109 e. The molecule has 2 heterocycles. The number of hydrogen-bond donors (Lipinski definition) is 1. The van der Waals surface area contributed by atoms with Crippen molar-refractivity contribution in [1.82, 2.24) is 24.9 Å². The van der Waals surface area contributed by atoms with E-state index in [0.29, 0.717) is 19.1 Å². The number of rotatable bonds is 7. The Bertz CT molecular complexity index is 503. The quantitative estimate of drug-likeness (QED) is 0.832.